The maximum atomic E-state index is 11.2. The van der Waals surface area contributed by atoms with Gasteiger partial charge in [-0.25, -0.2) is 8.78 Å². The molecular weight excluding hydrogens is 313 g/mol. The molecule has 0 atom stereocenters. The van der Waals surface area contributed by atoms with E-state index in [4.69, 9.17) is 4.74 Å². The fraction of sp³-hybridized carbons (Fsp3) is 1.00. The third kappa shape index (κ3) is 5.97. The van der Waals surface area contributed by atoms with Crippen LogP contribution in [0.4, 0.5) is 34.9 Å². The van der Waals surface area contributed by atoms with Crippen LogP contribution in [-0.4, -0.2) is 56.9 Å². The average Bonchev–Trinajstić information content (AvgIpc) is 2.72. The minimum absolute atomic E-state index is 0.855. The number of quaternary nitrogens is 1. The molecule has 11 heteroatoms. The molecule has 0 aromatic carbocycles. The second-order valence-electron chi connectivity index (χ2n) is 5.09. The summed E-state index contributed by atoms with van der Waals surface area (Å²) < 4.78 is 94.3. The summed E-state index contributed by atoms with van der Waals surface area (Å²) in [6.07, 6.45) is -3.79. The fourth-order valence-corrected chi connectivity index (χ4v) is 1.73. The summed E-state index contributed by atoms with van der Waals surface area (Å²) in [5, 5.41) is 0. The Kier molecular flexibility index (Phi) is 6.93. The third-order valence-electron chi connectivity index (χ3n) is 3.04. The minimum Gasteiger partial charge on any atom is -0.445 e. The topological polar surface area (TPSA) is 9.23 Å². The van der Waals surface area contributed by atoms with Crippen LogP contribution in [0.3, 0.4) is 0 Å². The summed E-state index contributed by atoms with van der Waals surface area (Å²) in [6, 6.07) is 0. The van der Waals surface area contributed by atoms with Gasteiger partial charge in [0, 0.05) is 19.4 Å². The van der Waals surface area contributed by atoms with Gasteiger partial charge in [0.2, 0.25) is 0 Å². The number of likely N-dealkylation sites (tertiary alicyclic amines) is 1. The number of hydrogen-bond acceptors (Lipinski definition) is 1. The van der Waals surface area contributed by atoms with Gasteiger partial charge in [0.1, 0.15) is 0 Å². The van der Waals surface area contributed by atoms with E-state index in [2.05, 4.69) is 14.0 Å². The minimum atomic E-state index is -7.21. The first kappa shape index (κ1) is 20.4. The lowest BCUT2D eigenvalue weighted by atomic mass is 9.80. The van der Waals surface area contributed by atoms with E-state index in [1.807, 2.05) is 0 Å². The van der Waals surface area contributed by atoms with E-state index in [1.54, 1.807) is 0 Å². The zero-order valence-corrected chi connectivity index (χ0v) is 11.7. The Hall–Kier alpha value is -0.575. The Morgan fingerprint density at radius 3 is 1.67 bits per heavy atom. The molecule has 1 rings (SSSR count). The highest BCUT2D eigenvalue weighted by Gasteiger charge is 2.69. The van der Waals surface area contributed by atoms with Crippen LogP contribution < -0.4 is 0 Å². The van der Waals surface area contributed by atoms with Gasteiger partial charge in [0.15, 0.2) is 6.73 Å². The fourth-order valence-electron chi connectivity index (χ4n) is 1.73. The number of ether oxygens (including phenoxy) is 1. The molecule has 0 aromatic heterocycles. The Balaban J connectivity index is 0.000000382. The summed E-state index contributed by atoms with van der Waals surface area (Å²) in [5.41, 5.74) is 0. The number of halogens is 8. The van der Waals surface area contributed by atoms with Gasteiger partial charge in [-0.2, -0.15) is 13.2 Å². The molecule has 1 heterocycles. The van der Waals surface area contributed by atoms with Crippen molar-refractivity contribution in [2.24, 2.45) is 0 Å². The molecule has 1 fully saturated rings. The van der Waals surface area contributed by atoms with E-state index in [0.717, 1.165) is 17.8 Å². The van der Waals surface area contributed by atoms with Crippen molar-refractivity contribution < 1.29 is 44.1 Å². The van der Waals surface area contributed by atoms with Crippen molar-refractivity contribution >= 4 is 6.98 Å². The zero-order valence-electron chi connectivity index (χ0n) is 11.7. The van der Waals surface area contributed by atoms with Crippen LogP contribution in [-0.2, 0) is 4.74 Å². The standard InChI is InChI=1S/C8H18NO.C2BF8/c1-3-10-8-9(2)6-4-5-7-9;4-1(5,2(6,7)8)3(9,10)11/h3-8H2,1-2H3;/q+1;-1. The van der Waals surface area contributed by atoms with E-state index in [9.17, 15) is 34.9 Å². The first-order chi connectivity index (χ1) is 9.27. The van der Waals surface area contributed by atoms with Crippen molar-refractivity contribution in [1.29, 1.82) is 0 Å². The second-order valence-corrected chi connectivity index (χ2v) is 5.09. The molecule has 0 aliphatic carbocycles. The van der Waals surface area contributed by atoms with E-state index in [0.29, 0.717) is 0 Å². The summed E-state index contributed by atoms with van der Waals surface area (Å²) in [7, 11) is 2.28. The van der Waals surface area contributed by atoms with Crippen LogP contribution in [0.25, 0.3) is 0 Å². The summed E-state index contributed by atoms with van der Waals surface area (Å²) >= 11 is 0. The normalized spacial score (nSPS) is 19.1. The molecule has 0 amide bonds. The molecule has 21 heavy (non-hydrogen) atoms. The van der Waals surface area contributed by atoms with Crippen LogP contribution in [0.15, 0.2) is 0 Å². The number of nitrogens with zero attached hydrogens (tertiary/aromatic N) is 1. The molecule has 0 N–H and O–H groups in total. The van der Waals surface area contributed by atoms with Crippen LogP contribution in [0.1, 0.15) is 19.8 Å². The Bertz CT molecular complexity index is 295. The molecule has 0 unspecified atom stereocenters. The van der Waals surface area contributed by atoms with E-state index >= 15 is 0 Å². The average molecular weight is 331 g/mol. The Labute approximate surface area is 117 Å². The van der Waals surface area contributed by atoms with Gasteiger partial charge < -0.3 is 22.2 Å². The van der Waals surface area contributed by atoms with Crippen molar-refractivity contribution in [3.63, 3.8) is 0 Å². The molecule has 0 saturated carbocycles. The first-order valence-corrected chi connectivity index (χ1v) is 6.32. The van der Waals surface area contributed by atoms with Crippen molar-refractivity contribution in [2.75, 3.05) is 33.5 Å². The summed E-state index contributed by atoms with van der Waals surface area (Å²) in [6.45, 7) is -0.771. The number of hydrogen-bond donors (Lipinski definition) is 0. The van der Waals surface area contributed by atoms with Gasteiger partial charge in [0.05, 0.1) is 20.1 Å². The number of alkyl halides is 5. The predicted molar refractivity (Wildman–Crippen MR) is 61.7 cm³/mol. The van der Waals surface area contributed by atoms with E-state index in [-0.39, 0.29) is 0 Å². The van der Waals surface area contributed by atoms with E-state index < -0.39 is 19.0 Å². The van der Waals surface area contributed by atoms with Crippen LogP contribution >= 0.6 is 0 Å². The van der Waals surface area contributed by atoms with Crippen LogP contribution in [0.2, 0.25) is 0 Å². The molecule has 0 spiro atoms. The third-order valence-corrected chi connectivity index (χ3v) is 3.04. The molecule has 128 valence electrons. The monoisotopic (exact) mass is 331 g/mol. The lowest BCUT2D eigenvalue weighted by molar-refractivity contribution is -0.916. The molecular formula is C10H18BF8NO. The molecule has 1 aliphatic rings. The van der Waals surface area contributed by atoms with Crippen molar-refractivity contribution in [3.8, 4) is 0 Å². The quantitative estimate of drug-likeness (QED) is 0.433. The van der Waals surface area contributed by atoms with Crippen LogP contribution in [0, 0.1) is 0 Å². The lowest BCUT2D eigenvalue weighted by Gasteiger charge is -2.28. The van der Waals surface area contributed by atoms with Gasteiger partial charge in [-0.1, -0.05) is 0 Å². The molecule has 0 bridgehead atoms. The highest BCUT2D eigenvalue weighted by atomic mass is 19.4. The largest absolute Gasteiger partial charge is 0.558 e. The Morgan fingerprint density at radius 2 is 1.43 bits per heavy atom. The molecule has 1 saturated heterocycles. The predicted octanol–water partition coefficient (Wildman–Crippen LogP) is 3.79. The summed E-state index contributed by atoms with van der Waals surface area (Å²) in [5.74, 6) is -6.56. The van der Waals surface area contributed by atoms with Crippen molar-refractivity contribution in [1.82, 2.24) is 0 Å². The molecule has 0 radical (unpaired) electrons. The first-order valence-electron chi connectivity index (χ1n) is 6.32. The van der Waals surface area contributed by atoms with Gasteiger partial charge in [-0.3, -0.25) is 0 Å². The zero-order chi connectivity index (χ0) is 16.9. The highest BCUT2D eigenvalue weighted by Crippen LogP contribution is 2.43. The van der Waals surface area contributed by atoms with Gasteiger partial charge in [-0.15, -0.1) is 0 Å². The van der Waals surface area contributed by atoms with Crippen molar-refractivity contribution in [2.45, 2.75) is 31.8 Å². The van der Waals surface area contributed by atoms with Gasteiger partial charge in [-0.05, 0) is 6.92 Å². The highest BCUT2D eigenvalue weighted by molar-refractivity contribution is 6.61. The van der Waals surface area contributed by atoms with Crippen molar-refractivity contribution in [3.05, 3.63) is 0 Å². The van der Waals surface area contributed by atoms with Crippen LogP contribution in [0.5, 0.6) is 0 Å². The number of rotatable bonds is 4. The Morgan fingerprint density at radius 1 is 1.00 bits per heavy atom. The van der Waals surface area contributed by atoms with Gasteiger partial charge in [0.25, 0.3) is 0 Å². The maximum absolute atomic E-state index is 11.2. The summed E-state index contributed by atoms with van der Waals surface area (Å²) in [4.78, 5) is 0. The van der Waals surface area contributed by atoms with Gasteiger partial charge >= 0.3 is 19.0 Å². The van der Waals surface area contributed by atoms with E-state index in [1.165, 1.54) is 25.9 Å². The maximum Gasteiger partial charge on any atom is 0.558 e. The molecule has 2 nitrogen and oxygen atoms in total. The second kappa shape index (κ2) is 7.12. The lowest BCUT2D eigenvalue weighted by Crippen LogP contribution is -2.53. The SMILES string of the molecule is CCOC[N+]1(C)CCCC1.F[B-](F)(F)C(F)(F)C(F)(F)F. The molecule has 0 aromatic rings. The smallest absolute Gasteiger partial charge is 0.445 e. The molecule has 1 aliphatic heterocycles.